The highest BCUT2D eigenvalue weighted by atomic mass is 35.5. The van der Waals surface area contributed by atoms with Gasteiger partial charge in [-0.25, -0.2) is 8.42 Å². The van der Waals surface area contributed by atoms with Crippen LogP contribution in [0.2, 0.25) is 5.02 Å². The lowest BCUT2D eigenvalue weighted by Gasteiger charge is -2.35. The number of amides is 3. The van der Waals surface area contributed by atoms with Crippen LogP contribution in [0, 0.1) is 0 Å². The zero-order valence-corrected chi connectivity index (χ0v) is 17.8. The van der Waals surface area contributed by atoms with Crippen LogP contribution in [-0.2, 0) is 29.6 Å². The Morgan fingerprint density at radius 2 is 1.73 bits per heavy atom. The van der Waals surface area contributed by atoms with E-state index in [0.29, 0.717) is 23.6 Å². The van der Waals surface area contributed by atoms with Gasteiger partial charge >= 0.3 is 0 Å². The Balaban J connectivity index is 1.71. The van der Waals surface area contributed by atoms with Crippen molar-refractivity contribution in [2.75, 3.05) is 11.1 Å². The maximum absolute atomic E-state index is 12.5. The van der Waals surface area contributed by atoms with Crippen LogP contribution in [0.3, 0.4) is 0 Å². The Labute approximate surface area is 179 Å². The van der Waals surface area contributed by atoms with Crippen molar-refractivity contribution in [1.29, 1.82) is 0 Å². The van der Waals surface area contributed by atoms with Gasteiger partial charge in [0.2, 0.25) is 17.7 Å². The van der Waals surface area contributed by atoms with Crippen LogP contribution in [0.25, 0.3) is 0 Å². The summed E-state index contributed by atoms with van der Waals surface area (Å²) in [4.78, 5) is 36.2. The van der Waals surface area contributed by atoms with Gasteiger partial charge < -0.3 is 5.32 Å². The molecule has 1 aliphatic rings. The molecule has 0 aliphatic carbocycles. The van der Waals surface area contributed by atoms with E-state index in [9.17, 15) is 22.8 Å². The summed E-state index contributed by atoms with van der Waals surface area (Å²) >= 11 is 5.76. The molecule has 2 aromatic rings. The molecule has 3 rings (SSSR count). The molecule has 2 N–H and O–H groups in total. The number of sulfone groups is 1. The zero-order valence-electron chi connectivity index (χ0n) is 16.3. The number of nitrogens with one attached hydrogen (secondary N) is 2. The smallest absolute Gasteiger partial charge is 0.239 e. The monoisotopic (exact) mass is 448 g/mol. The van der Waals surface area contributed by atoms with Crippen molar-refractivity contribution in [2.24, 2.45) is 0 Å². The van der Waals surface area contributed by atoms with Crippen LogP contribution in [0.4, 0.5) is 5.69 Å². The Morgan fingerprint density at radius 3 is 2.30 bits per heavy atom. The first-order valence-corrected chi connectivity index (χ1v) is 11.4. The summed E-state index contributed by atoms with van der Waals surface area (Å²) in [6.45, 7) is 1.88. The molecular formula is C21H21ClN2O5S. The lowest BCUT2D eigenvalue weighted by molar-refractivity contribution is -0.138. The second-order valence-electron chi connectivity index (χ2n) is 7.15. The standard InChI is InChI=1S/C21H21ClN2O5S/c1-2-21(12-11-18(25)24-20(21)27)14-3-7-16(8-4-14)23-19(26)13-30(28,29)17-9-5-15(22)6-10-17/h3-10H,2,11-13H2,1H3,(H,23,26)(H,24,25,27). The van der Waals surface area contributed by atoms with Crippen LogP contribution in [0.1, 0.15) is 31.7 Å². The highest BCUT2D eigenvalue weighted by Gasteiger charge is 2.42. The van der Waals surface area contributed by atoms with Crippen molar-refractivity contribution in [3.05, 3.63) is 59.1 Å². The van der Waals surface area contributed by atoms with Crippen molar-refractivity contribution >= 4 is 44.8 Å². The summed E-state index contributed by atoms with van der Waals surface area (Å²) in [6, 6.07) is 12.2. The minimum absolute atomic E-state index is 0.0140. The summed E-state index contributed by atoms with van der Waals surface area (Å²) in [7, 11) is -3.80. The van der Waals surface area contributed by atoms with Gasteiger partial charge in [0.15, 0.2) is 9.84 Å². The first kappa shape index (κ1) is 22.0. The third-order valence-corrected chi connectivity index (χ3v) is 7.17. The summed E-state index contributed by atoms with van der Waals surface area (Å²) in [5.41, 5.74) is 0.351. The molecule has 1 fully saturated rings. The molecule has 1 atom stereocenters. The van der Waals surface area contributed by atoms with Gasteiger partial charge in [-0.05, 0) is 54.8 Å². The number of piperidine rings is 1. The topological polar surface area (TPSA) is 109 Å². The van der Waals surface area contributed by atoms with E-state index in [-0.39, 0.29) is 23.1 Å². The first-order chi connectivity index (χ1) is 14.2. The summed E-state index contributed by atoms with van der Waals surface area (Å²) in [5.74, 6) is -1.99. The number of benzene rings is 2. The Bertz CT molecular complexity index is 1080. The van der Waals surface area contributed by atoms with Crippen LogP contribution in [-0.4, -0.2) is 31.9 Å². The van der Waals surface area contributed by atoms with E-state index in [1.54, 1.807) is 24.3 Å². The molecule has 1 saturated heterocycles. The molecule has 7 nitrogen and oxygen atoms in total. The van der Waals surface area contributed by atoms with Gasteiger partial charge in [-0.2, -0.15) is 0 Å². The number of carbonyl (C=O) groups is 3. The van der Waals surface area contributed by atoms with Gasteiger partial charge in [-0.15, -0.1) is 0 Å². The molecule has 9 heteroatoms. The average Bonchev–Trinajstić information content (AvgIpc) is 2.69. The lowest BCUT2D eigenvalue weighted by atomic mass is 9.72. The second-order valence-corrected chi connectivity index (χ2v) is 9.58. The van der Waals surface area contributed by atoms with Crippen molar-refractivity contribution < 1.29 is 22.8 Å². The van der Waals surface area contributed by atoms with Crippen molar-refractivity contribution in [3.63, 3.8) is 0 Å². The van der Waals surface area contributed by atoms with E-state index in [0.717, 1.165) is 5.56 Å². The van der Waals surface area contributed by atoms with Crippen molar-refractivity contribution in [3.8, 4) is 0 Å². The number of hydrogen-bond donors (Lipinski definition) is 2. The Kier molecular flexibility index (Phi) is 6.28. The number of hydrogen-bond acceptors (Lipinski definition) is 5. The van der Waals surface area contributed by atoms with Gasteiger partial charge in [0.1, 0.15) is 5.75 Å². The fourth-order valence-electron chi connectivity index (χ4n) is 3.53. The molecule has 2 aromatic carbocycles. The molecule has 30 heavy (non-hydrogen) atoms. The van der Waals surface area contributed by atoms with E-state index >= 15 is 0 Å². The number of carbonyl (C=O) groups excluding carboxylic acids is 3. The van der Waals surface area contributed by atoms with E-state index < -0.39 is 26.9 Å². The number of halogens is 1. The number of rotatable bonds is 6. The molecular weight excluding hydrogens is 428 g/mol. The fourth-order valence-corrected chi connectivity index (χ4v) is 4.79. The SMILES string of the molecule is CCC1(c2ccc(NC(=O)CS(=O)(=O)c3ccc(Cl)cc3)cc2)CCC(=O)NC1=O. The number of anilines is 1. The molecule has 0 radical (unpaired) electrons. The van der Waals surface area contributed by atoms with E-state index in [4.69, 9.17) is 11.6 Å². The molecule has 0 bridgehead atoms. The fraction of sp³-hybridized carbons (Fsp3) is 0.286. The Morgan fingerprint density at radius 1 is 1.10 bits per heavy atom. The minimum Gasteiger partial charge on any atom is -0.325 e. The molecule has 0 aromatic heterocycles. The first-order valence-electron chi connectivity index (χ1n) is 9.39. The van der Waals surface area contributed by atoms with Crippen LogP contribution in [0.5, 0.6) is 0 Å². The van der Waals surface area contributed by atoms with Gasteiger partial charge in [0, 0.05) is 17.1 Å². The average molecular weight is 449 g/mol. The lowest BCUT2D eigenvalue weighted by Crippen LogP contribution is -2.51. The van der Waals surface area contributed by atoms with E-state index in [1.807, 2.05) is 6.92 Å². The molecule has 1 aliphatic heterocycles. The largest absolute Gasteiger partial charge is 0.325 e. The quantitative estimate of drug-likeness (QED) is 0.660. The van der Waals surface area contributed by atoms with Crippen LogP contribution in [0.15, 0.2) is 53.4 Å². The van der Waals surface area contributed by atoms with Crippen LogP contribution < -0.4 is 10.6 Å². The molecule has 1 heterocycles. The summed E-state index contributed by atoms with van der Waals surface area (Å²) in [5, 5.41) is 5.35. The third-order valence-electron chi connectivity index (χ3n) is 5.29. The molecule has 0 spiro atoms. The van der Waals surface area contributed by atoms with Crippen molar-refractivity contribution in [1.82, 2.24) is 5.32 Å². The molecule has 0 saturated carbocycles. The highest BCUT2D eigenvalue weighted by molar-refractivity contribution is 7.92. The third kappa shape index (κ3) is 4.55. The minimum atomic E-state index is -3.80. The predicted molar refractivity (Wildman–Crippen MR) is 113 cm³/mol. The maximum atomic E-state index is 12.5. The van der Waals surface area contributed by atoms with E-state index in [2.05, 4.69) is 10.6 Å². The van der Waals surface area contributed by atoms with Crippen molar-refractivity contribution in [2.45, 2.75) is 36.5 Å². The van der Waals surface area contributed by atoms with Gasteiger partial charge in [0.25, 0.3) is 0 Å². The zero-order chi connectivity index (χ0) is 21.9. The van der Waals surface area contributed by atoms with Gasteiger partial charge in [-0.3, -0.25) is 19.7 Å². The van der Waals surface area contributed by atoms with Crippen LogP contribution >= 0.6 is 11.6 Å². The normalized spacial score (nSPS) is 19.3. The maximum Gasteiger partial charge on any atom is 0.239 e. The summed E-state index contributed by atoms with van der Waals surface area (Å²) in [6.07, 6.45) is 1.21. The second kappa shape index (κ2) is 8.57. The highest BCUT2D eigenvalue weighted by Crippen LogP contribution is 2.36. The predicted octanol–water partition coefficient (Wildman–Crippen LogP) is 2.84. The Hall–Kier alpha value is -2.71. The van der Waals surface area contributed by atoms with Gasteiger partial charge in [-0.1, -0.05) is 30.7 Å². The van der Waals surface area contributed by atoms with E-state index in [1.165, 1.54) is 24.3 Å². The number of imide groups is 1. The molecule has 158 valence electrons. The van der Waals surface area contributed by atoms with Gasteiger partial charge in [0.05, 0.1) is 10.3 Å². The molecule has 1 unspecified atom stereocenters. The summed E-state index contributed by atoms with van der Waals surface area (Å²) < 4.78 is 24.7. The molecule has 3 amide bonds.